The summed E-state index contributed by atoms with van der Waals surface area (Å²) < 4.78 is 45.4. The number of ether oxygens (including phenoxy) is 1. The van der Waals surface area contributed by atoms with E-state index in [1.165, 1.54) is 12.2 Å². The molecular formula is C21H20F3N3O2. The van der Waals surface area contributed by atoms with E-state index in [4.69, 9.17) is 4.74 Å². The Labute approximate surface area is 166 Å². The number of carbonyl (C=O) groups is 1. The number of fused-ring (bicyclic) bond motifs is 1. The lowest BCUT2D eigenvalue weighted by Crippen LogP contribution is -2.39. The molecule has 0 bridgehead atoms. The molecule has 0 saturated carbocycles. The molecule has 1 N–H and O–H groups in total. The molecule has 0 atom stereocenters. The van der Waals surface area contributed by atoms with Gasteiger partial charge in [0.15, 0.2) is 0 Å². The zero-order valence-electron chi connectivity index (χ0n) is 15.6. The monoisotopic (exact) mass is 403 g/mol. The summed E-state index contributed by atoms with van der Waals surface area (Å²) in [6, 6.07) is 11.6. The molecule has 0 aromatic heterocycles. The molecule has 0 spiro atoms. The van der Waals surface area contributed by atoms with Gasteiger partial charge in [0.25, 0.3) is 0 Å². The standard InChI is InChI=1S/C21H20F3N3O2/c22-21(23,24)16-12-15(6-7-19(28)26-8-10-29-11-9-26)20-18(13-16)25-14-27(20)17-4-2-1-3-5-17/h1-7,12-13,25H,8-11,14H2. The maximum atomic E-state index is 13.4. The van der Waals surface area contributed by atoms with Gasteiger partial charge in [0.1, 0.15) is 0 Å². The van der Waals surface area contributed by atoms with Crippen LogP contribution in [0.15, 0.2) is 48.5 Å². The number of nitrogens with one attached hydrogen (secondary N) is 1. The molecule has 2 heterocycles. The van der Waals surface area contributed by atoms with Crippen molar-refractivity contribution in [3.8, 4) is 0 Å². The highest BCUT2D eigenvalue weighted by molar-refractivity contribution is 5.95. The number of morpholine rings is 1. The molecule has 1 saturated heterocycles. The molecule has 1 fully saturated rings. The minimum Gasteiger partial charge on any atom is -0.378 e. The summed E-state index contributed by atoms with van der Waals surface area (Å²) in [5, 5.41) is 3.03. The van der Waals surface area contributed by atoms with Gasteiger partial charge < -0.3 is 19.9 Å². The Morgan fingerprint density at radius 1 is 1.10 bits per heavy atom. The van der Waals surface area contributed by atoms with Gasteiger partial charge in [0.05, 0.1) is 36.8 Å². The Kier molecular flexibility index (Phi) is 5.19. The molecule has 4 rings (SSSR count). The van der Waals surface area contributed by atoms with E-state index in [9.17, 15) is 18.0 Å². The summed E-state index contributed by atoms with van der Waals surface area (Å²) in [6.07, 6.45) is -1.68. The number of rotatable bonds is 3. The van der Waals surface area contributed by atoms with Crippen LogP contribution in [0.4, 0.5) is 30.2 Å². The maximum Gasteiger partial charge on any atom is 0.416 e. The van der Waals surface area contributed by atoms with E-state index in [1.807, 2.05) is 35.2 Å². The van der Waals surface area contributed by atoms with Crippen LogP contribution in [0.1, 0.15) is 11.1 Å². The third-order valence-corrected chi connectivity index (χ3v) is 4.96. The molecule has 29 heavy (non-hydrogen) atoms. The van der Waals surface area contributed by atoms with Gasteiger partial charge in [0, 0.05) is 30.4 Å². The van der Waals surface area contributed by atoms with Crippen molar-refractivity contribution in [1.82, 2.24) is 4.90 Å². The van der Waals surface area contributed by atoms with E-state index in [2.05, 4.69) is 5.32 Å². The highest BCUT2D eigenvalue weighted by Gasteiger charge is 2.34. The van der Waals surface area contributed by atoms with E-state index in [-0.39, 0.29) is 5.91 Å². The van der Waals surface area contributed by atoms with Crippen LogP contribution in [0.2, 0.25) is 0 Å². The fourth-order valence-corrected chi connectivity index (χ4v) is 3.51. The summed E-state index contributed by atoms with van der Waals surface area (Å²) in [5.41, 5.74) is 1.45. The molecule has 0 unspecified atom stereocenters. The number of halogens is 3. The predicted octanol–water partition coefficient (Wildman–Crippen LogP) is 4.10. The number of amides is 1. The number of hydrogen-bond acceptors (Lipinski definition) is 4. The normalized spacial score (nSPS) is 16.8. The maximum absolute atomic E-state index is 13.4. The minimum absolute atomic E-state index is 0.239. The summed E-state index contributed by atoms with van der Waals surface area (Å²) >= 11 is 0. The molecule has 0 radical (unpaired) electrons. The fourth-order valence-electron chi connectivity index (χ4n) is 3.51. The highest BCUT2D eigenvalue weighted by Crippen LogP contribution is 2.44. The first-order valence-electron chi connectivity index (χ1n) is 9.30. The molecule has 1 amide bonds. The van der Waals surface area contributed by atoms with Crippen molar-refractivity contribution >= 4 is 29.0 Å². The predicted molar refractivity (Wildman–Crippen MR) is 105 cm³/mol. The van der Waals surface area contributed by atoms with Crippen molar-refractivity contribution in [3.63, 3.8) is 0 Å². The molecule has 8 heteroatoms. The fraction of sp³-hybridized carbons (Fsp3) is 0.286. The van der Waals surface area contributed by atoms with Crippen molar-refractivity contribution in [2.45, 2.75) is 6.18 Å². The van der Waals surface area contributed by atoms with Gasteiger partial charge in [-0.1, -0.05) is 18.2 Å². The van der Waals surface area contributed by atoms with Crippen LogP contribution in [0.3, 0.4) is 0 Å². The quantitative estimate of drug-likeness (QED) is 0.784. The SMILES string of the molecule is O=C(C=Cc1cc(C(F)(F)F)cc2c1N(c1ccccc1)CN2)N1CCOCC1. The lowest BCUT2D eigenvalue weighted by Gasteiger charge is -2.25. The van der Waals surface area contributed by atoms with Crippen molar-refractivity contribution in [3.05, 3.63) is 59.7 Å². The van der Waals surface area contributed by atoms with Crippen molar-refractivity contribution in [1.29, 1.82) is 0 Å². The van der Waals surface area contributed by atoms with Crippen molar-refractivity contribution in [2.75, 3.05) is 43.2 Å². The second-order valence-electron chi connectivity index (χ2n) is 6.83. The summed E-state index contributed by atoms with van der Waals surface area (Å²) in [7, 11) is 0. The van der Waals surface area contributed by atoms with E-state index in [0.29, 0.717) is 49.9 Å². The zero-order chi connectivity index (χ0) is 20.4. The first kappa shape index (κ1) is 19.3. The minimum atomic E-state index is -4.48. The van der Waals surface area contributed by atoms with Gasteiger partial charge >= 0.3 is 6.18 Å². The van der Waals surface area contributed by atoms with Crippen molar-refractivity contribution in [2.24, 2.45) is 0 Å². The lowest BCUT2D eigenvalue weighted by molar-refractivity contribution is -0.137. The Morgan fingerprint density at radius 3 is 2.52 bits per heavy atom. The first-order chi connectivity index (χ1) is 13.9. The van der Waals surface area contributed by atoms with Gasteiger partial charge in [0.2, 0.25) is 5.91 Å². The number of alkyl halides is 3. The molecule has 2 aliphatic rings. The molecule has 5 nitrogen and oxygen atoms in total. The number of nitrogens with zero attached hydrogens (tertiary/aromatic N) is 2. The molecule has 0 aliphatic carbocycles. The summed E-state index contributed by atoms with van der Waals surface area (Å²) in [6.45, 7) is 2.22. The Balaban J connectivity index is 1.72. The van der Waals surface area contributed by atoms with Crippen LogP contribution < -0.4 is 10.2 Å². The number of para-hydroxylation sites is 1. The smallest absolute Gasteiger partial charge is 0.378 e. The van der Waals surface area contributed by atoms with Crippen LogP contribution >= 0.6 is 0 Å². The molecule has 152 valence electrons. The first-order valence-corrected chi connectivity index (χ1v) is 9.30. The Morgan fingerprint density at radius 2 is 1.83 bits per heavy atom. The van der Waals surface area contributed by atoms with Gasteiger partial charge in [-0.2, -0.15) is 13.2 Å². The Bertz CT molecular complexity index is 923. The van der Waals surface area contributed by atoms with Gasteiger partial charge in [-0.15, -0.1) is 0 Å². The number of anilines is 3. The second-order valence-corrected chi connectivity index (χ2v) is 6.83. The van der Waals surface area contributed by atoms with E-state index in [0.717, 1.165) is 17.8 Å². The van der Waals surface area contributed by atoms with Gasteiger partial charge in [-0.3, -0.25) is 4.79 Å². The van der Waals surface area contributed by atoms with Gasteiger partial charge in [-0.05, 0) is 30.3 Å². The van der Waals surface area contributed by atoms with Crippen molar-refractivity contribution < 1.29 is 22.7 Å². The lowest BCUT2D eigenvalue weighted by atomic mass is 10.0. The van der Waals surface area contributed by atoms with Crippen LogP contribution in [0.5, 0.6) is 0 Å². The van der Waals surface area contributed by atoms with Crippen LogP contribution in [0, 0.1) is 0 Å². The molecule has 2 aromatic rings. The van der Waals surface area contributed by atoms with E-state index < -0.39 is 11.7 Å². The van der Waals surface area contributed by atoms with E-state index >= 15 is 0 Å². The van der Waals surface area contributed by atoms with Crippen LogP contribution in [0.25, 0.3) is 6.08 Å². The summed E-state index contributed by atoms with van der Waals surface area (Å²) in [5.74, 6) is -0.239. The van der Waals surface area contributed by atoms with E-state index in [1.54, 1.807) is 4.90 Å². The zero-order valence-corrected chi connectivity index (χ0v) is 15.6. The topological polar surface area (TPSA) is 44.8 Å². The molecular weight excluding hydrogens is 383 g/mol. The average molecular weight is 403 g/mol. The Hall–Kier alpha value is -3.00. The number of hydrogen-bond donors (Lipinski definition) is 1. The van der Waals surface area contributed by atoms with Crippen LogP contribution in [-0.4, -0.2) is 43.8 Å². The largest absolute Gasteiger partial charge is 0.416 e. The second kappa shape index (κ2) is 7.79. The third kappa shape index (κ3) is 4.07. The van der Waals surface area contributed by atoms with Gasteiger partial charge in [-0.25, -0.2) is 0 Å². The number of benzene rings is 2. The highest BCUT2D eigenvalue weighted by atomic mass is 19.4. The summed E-state index contributed by atoms with van der Waals surface area (Å²) in [4.78, 5) is 16.0. The molecule has 2 aromatic carbocycles. The average Bonchev–Trinajstić information content (AvgIpc) is 3.17. The number of carbonyl (C=O) groups excluding carboxylic acids is 1. The molecule has 2 aliphatic heterocycles. The third-order valence-electron chi connectivity index (χ3n) is 4.96. The van der Waals surface area contributed by atoms with Crippen LogP contribution in [-0.2, 0) is 15.7 Å².